The van der Waals surface area contributed by atoms with Gasteiger partial charge in [-0.3, -0.25) is 9.78 Å². The molecule has 0 unspecified atom stereocenters. The summed E-state index contributed by atoms with van der Waals surface area (Å²) >= 11 is 0. The molecular formula is C19H20N4O2. The first-order chi connectivity index (χ1) is 12.3. The molecule has 0 bridgehead atoms. The lowest BCUT2D eigenvalue weighted by atomic mass is 10.2. The molecule has 1 fully saturated rings. The molecule has 6 nitrogen and oxygen atoms in total. The lowest BCUT2D eigenvalue weighted by Gasteiger charge is -2.25. The number of pyridine rings is 2. The topological polar surface area (TPSA) is 59.7 Å². The number of carbonyl (C=O) groups excluding carboxylic acids is 1. The molecule has 0 spiro atoms. The van der Waals surface area contributed by atoms with Gasteiger partial charge in [-0.1, -0.05) is 12.1 Å². The molecule has 3 aromatic rings. The molecule has 0 radical (unpaired) electrons. The van der Waals surface area contributed by atoms with Crippen LogP contribution in [0.1, 0.15) is 29.0 Å². The fourth-order valence-corrected chi connectivity index (χ4v) is 3.21. The number of hydrogen-bond donors (Lipinski definition) is 0. The Hall–Kier alpha value is -2.73. The first kappa shape index (κ1) is 15.8. The van der Waals surface area contributed by atoms with Crippen molar-refractivity contribution in [3.8, 4) is 0 Å². The molecule has 6 heteroatoms. The van der Waals surface area contributed by atoms with Crippen molar-refractivity contribution in [1.82, 2.24) is 19.5 Å². The van der Waals surface area contributed by atoms with E-state index in [1.807, 2.05) is 47.4 Å². The Balaban J connectivity index is 1.63. The lowest BCUT2D eigenvalue weighted by molar-refractivity contribution is 0.0498. The van der Waals surface area contributed by atoms with Gasteiger partial charge in [-0.05, 0) is 43.2 Å². The van der Waals surface area contributed by atoms with E-state index < -0.39 is 0 Å². The summed E-state index contributed by atoms with van der Waals surface area (Å²) in [5, 5.41) is 4.28. The number of nitrogens with zero attached hydrogens (tertiary/aromatic N) is 4. The zero-order valence-corrected chi connectivity index (χ0v) is 13.9. The molecule has 1 aliphatic rings. The molecule has 0 saturated carbocycles. The van der Waals surface area contributed by atoms with Crippen molar-refractivity contribution in [1.29, 1.82) is 0 Å². The van der Waals surface area contributed by atoms with Crippen molar-refractivity contribution in [2.75, 3.05) is 13.2 Å². The summed E-state index contributed by atoms with van der Waals surface area (Å²) in [6.45, 7) is 1.79. The van der Waals surface area contributed by atoms with Gasteiger partial charge in [0.2, 0.25) is 0 Å². The van der Waals surface area contributed by atoms with Crippen LogP contribution in [0.3, 0.4) is 0 Å². The van der Waals surface area contributed by atoms with Gasteiger partial charge in [0.15, 0.2) is 0 Å². The van der Waals surface area contributed by atoms with Crippen LogP contribution in [-0.2, 0) is 11.3 Å². The Bertz CT molecular complexity index is 856. The van der Waals surface area contributed by atoms with Gasteiger partial charge in [-0.15, -0.1) is 0 Å². The SMILES string of the molecule is O=C(c1cccc2ccnn12)N(Cc1ccccn1)C[C@H]1CCCO1. The Morgan fingerprint density at radius 2 is 2.16 bits per heavy atom. The predicted molar refractivity (Wildman–Crippen MR) is 93.1 cm³/mol. The number of ether oxygens (including phenoxy) is 1. The van der Waals surface area contributed by atoms with Gasteiger partial charge in [0, 0.05) is 19.3 Å². The largest absolute Gasteiger partial charge is 0.376 e. The molecule has 1 amide bonds. The van der Waals surface area contributed by atoms with Crippen molar-refractivity contribution in [3.63, 3.8) is 0 Å². The first-order valence-electron chi connectivity index (χ1n) is 8.55. The van der Waals surface area contributed by atoms with Gasteiger partial charge < -0.3 is 9.64 Å². The van der Waals surface area contributed by atoms with E-state index in [0.29, 0.717) is 18.8 Å². The molecule has 0 N–H and O–H groups in total. The fraction of sp³-hybridized carbons (Fsp3) is 0.316. The molecule has 3 aromatic heterocycles. The third-order valence-electron chi connectivity index (χ3n) is 4.45. The van der Waals surface area contributed by atoms with Gasteiger partial charge >= 0.3 is 0 Å². The minimum absolute atomic E-state index is 0.0598. The number of fused-ring (bicyclic) bond motifs is 1. The number of amides is 1. The molecule has 1 saturated heterocycles. The van der Waals surface area contributed by atoms with Crippen molar-refractivity contribution in [3.05, 3.63) is 66.2 Å². The van der Waals surface area contributed by atoms with Crippen LogP contribution in [0.25, 0.3) is 5.52 Å². The summed E-state index contributed by atoms with van der Waals surface area (Å²) < 4.78 is 7.43. The van der Waals surface area contributed by atoms with Gasteiger partial charge in [0.05, 0.1) is 30.1 Å². The van der Waals surface area contributed by atoms with Crippen LogP contribution in [0.2, 0.25) is 0 Å². The lowest BCUT2D eigenvalue weighted by Crippen LogP contribution is -2.38. The number of aromatic nitrogens is 3. The molecule has 4 rings (SSSR count). The average Bonchev–Trinajstić information content (AvgIpc) is 3.32. The van der Waals surface area contributed by atoms with Crippen LogP contribution in [0.15, 0.2) is 54.9 Å². The summed E-state index contributed by atoms with van der Waals surface area (Å²) in [4.78, 5) is 19.4. The highest BCUT2D eigenvalue weighted by molar-refractivity contribution is 5.93. The maximum Gasteiger partial charge on any atom is 0.272 e. The highest BCUT2D eigenvalue weighted by Gasteiger charge is 2.25. The van der Waals surface area contributed by atoms with Gasteiger partial charge in [0.25, 0.3) is 5.91 Å². The quantitative estimate of drug-likeness (QED) is 0.718. The van der Waals surface area contributed by atoms with E-state index in [0.717, 1.165) is 30.7 Å². The standard InChI is InChI=1S/C19H20N4O2/c24-19(18-8-3-6-16-9-11-21-23(16)18)22(14-17-7-4-12-25-17)13-15-5-1-2-10-20-15/h1-3,5-6,8-11,17H,4,7,12-14H2/t17-/m1/s1. The molecule has 25 heavy (non-hydrogen) atoms. The number of hydrogen-bond acceptors (Lipinski definition) is 4. The van der Waals surface area contributed by atoms with Gasteiger partial charge in [-0.25, -0.2) is 4.52 Å². The van der Waals surface area contributed by atoms with E-state index in [-0.39, 0.29) is 12.0 Å². The van der Waals surface area contributed by atoms with Crippen LogP contribution in [0.4, 0.5) is 0 Å². The Kier molecular flexibility index (Phi) is 4.43. The third kappa shape index (κ3) is 3.39. The molecule has 0 aromatic carbocycles. The summed E-state index contributed by atoms with van der Waals surface area (Å²) in [6.07, 6.45) is 5.57. The number of rotatable bonds is 5. The summed E-state index contributed by atoms with van der Waals surface area (Å²) in [5.41, 5.74) is 2.32. The molecule has 4 heterocycles. The second-order valence-electron chi connectivity index (χ2n) is 6.22. The second-order valence-corrected chi connectivity index (χ2v) is 6.22. The van der Waals surface area contributed by atoms with Gasteiger partial charge in [-0.2, -0.15) is 5.10 Å². The average molecular weight is 336 g/mol. The van der Waals surface area contributed by atoms with Crippen LogP contribution in [0, 0.1) is 0 Å². The van der Waals surface area contributed by atoms with Crippen molar-refractivity contribution in [2.24, 2.45) is 0 Å². The van der Waals surface area contributed by atoms with E-state index in [1.54, 1.807) is 16.9 Å². The first-order valence-corrected chi connectivity index (χ1v) is 8.55. The van der Waals surface area contributed by atoms with Crippen molar-refractivity contribution < 1.29 is 9.53 Å². The van der Waals surface area contributed by atoms with Crippen molar-refractivity contribution >= 4 is 11.4 Å². The molecule has 128 valence electrons. The summed E-state index contributed by atoms with van der Waals surface area (Å²) in [6, 6.07) is 13.3. The Morgan fingerprint density at radius 1 is 1.20 bits per heavy atom. The fourth-order valence-electron chi connectivity index (χ4n) is 3.21. The molecule has 1 atom stereocenters. The minimum atomic E-state index is -0.0598. The smallest absolute Gasteiger partial charge is 0.272 e. The zero-order valence-electron chi connectivity index (χ0n) is 13.9. The summed E-state index contributed by atoms with van der Waals surface area (Å²) in [7, 11) is 0. The molecular weight excluding hydrogens is 316 g/mol. The highest BCUT2D eigenvalue weighted by atomic mass is 16.5. The molecule has 1 aliphatic heterocycles. The third-order valence-corrected chi connectivity index (χ3v) is 4.45. The van der Waals surface area contributed by atoms with E-state index >= 15 is 0 Å². The normalized spacial score (nSPS) is 17.0. The number of carbonyl (C=O) groups is 1. The minimum Gasteiger partial charge on any atom is -0.376 e. The van der Waals surface area contributed by atoms with Crippen molar-refractivity contribution in [2.45, 2.75) is 25.5 Å². The summed E-state index contributed by atoms with van der Waals surface area (Å²) in [5.74, 6) is -0.0598. The van der Waals surface area contributed by atoms with Crippen LogP contribution in [-0.4, -0.2) is 44.7 Å². The van der Waals surface area contributed by atoms with E-state index in [1.165, 1.54) is 0 Å². The monoisotopic (exact) mass is 336 g/mol. The Morgan fingerprint density at radius 3 is 2.96 bits per heavy atom. The highest BCUT2D eigenvalue weighted by Crippen LogP contribution is 2.17. The predicted octanol–water partition coefficient (Wildman–Crippen LogP) is 2.55. The van der Waals surface area contributed by atoms with Crippen LogP contribution in [0.5, 0.6) is 0 Å². The van der Waals surface area contributed by atoms with E-state index in [2.05, 4.69) is 10.1 Å². The molecule has 0 aliphatic carbocycles. The zero-order chi connectivity index (χ0) is 17.1. The van der Waals surface area contributed by atoms with E-state index in [4.69, 9.17) is 4.74 Å². The maximum atomic E-state index is 13.2. The Labute approximate surface area is 146 Å². The van der Waals surface area contributed by atoms with E-state index in [9.17, 15) is 4.79 Å². The van der Waals surface area contributed by atoms with Crippen LogP contribution >= 0.6 is 0 Å². The second kappa shape index (κ2) is 7.03. The maximum absolute atomic E-state index is 13.2. The van der Waals surface area contributed by atoms with Gasteiger partial charge in [0.1, 0.15) is 5.69 Å². The van der Waals surface area contributed by atoms with Crippen LogP contribution < -0.4 is 0 Å².